The normalized spacial score (nSPS) is 22.6. The van der Waals surface area contributed by atoms with E-state index in [-0.39, 0.29) is 17.9 Å². The summed E-state index contributed by atoms with van der Waals surface area (Å²) in [6.45, 7) is 3.83. The van der Waals surface area contributed by atoms with Crippen LogP contribution in [-0.4, -0.2) is 91.0 Å². The van der Waals surface area contributed by atoms with Gasteiger partial charge in [-0.3, -0.25) is 19.5 Å². The summed E-state index contributed by atoms with van der Waals surface area (Å²) in [5.74, 6) is 0.542. The topological polar surface area (TPSA) is 66.0 Å². The van der Waals surface area contributed by atoms with Gasteiger partial charge in [-0.1, -0.05) is 0 Å². The molecule has 0 N–H and O–H groups in total. The highest BCUT2D eigenvalue weighted by Crippen LogP contribution is 2.29. The predicted octanol–water partition coefficient (Wildman–Crippen LogP) is 0.723. The summed E-state index contributed by atoms with van der Waals surface area (Å²) in [6, 6.07) is 3.62. The number of methoxy groups -OCH3 is 1. The molecule has 3 aliphatic rings. The Bertz CT molecular complexity index is 624. The fraction of sp³-hybridized carbons (Fsp3) is 0.632. The molecule has 3 aliphatic heterocycles. The maximum absolute atomic E-state index is 12.8. The Kier molecular flexibility index (Phi) is 6.21. The van der Waals surface area contributed by atoms with E-state index in [4.69, 9.17) is 4.74 Å². The lowest BCUT2D eigenvalue weighted by Crippen LogP contribution is -2.50. The number of likely N-dealkylation sites (N-methyl/N-ethyl adjacent to an activating group) is 1. The Labute approximate surface area is 154 Å². The van der Waals surface area contributed by atoms with Gasteiger partial charge in [-0.15, -0.1) is 0 Å². The van der Waals surface area contributed by atoms with Crippen molar-refractivity contribution in [2.45, 2.75) is 18.9 Å². The van der Waals surface area contributed by atoms with Crippen molar-refractivity contribution in [1.29, 1.82) is 0 Å². The summed E-state index contributed by atoms with van der Waals surface area (Å²) in [4.78, 5) is 35.5. The van der Waals surface area contributed by atoms with E-state index in [0.29, 0.717) is 31.2 Å². The molecule has 0 radical (unpaired) electrons. The summed E-state index contributed by atoms with van der Waals surface area (Å²) in [6.07, 6.45) is 5.34. The lowest BCUT2D eigenvalue weighted by Gasteiger charge is -2.37. The monoisotopic (exact) mass is 360 g/mol. The molecular formula is C19H28N4O3. The molecular weight excluding hydrogens is 332 g/mol. The molecule has 2 atom stereocenters. The molecule has 2 amide bonds. The highest BCUT2D eigenvalue weighted by atomic mass is 16.5. The van der Waals surface area contributed by atoms with Crippen LogP contribution in [0.4, 0.5) is 0 Å². The number of hydrogen-bond acceptors (Lipinski definition) is 5. The van der Waals surface area contributed by atoms with Crippen molar-refractivity contribution >= 4 is 11.8 Å². The molecule has 7 heteroatoms. The number of fused-ring (bicyclic) bond motifs is 4. The molecule has 2 bridgehead atoms. The van der Waals surface area contributed by atoms with Crippen molar-refractivity contribution < 1.29 is 14.3 Å². The average Bonchev–Trinajstić information content (AvgIpc) is 2.98. The zero-order valence-electron chi connectivity index (χ0n) is 15.6. The second-order valence-electron chi connectivity index (χ2n) is 7.32. The fourth-order valence-corrected chi connectivity index (χ4v) is 3.88. The number of ether oxygens (including phenoxy) is 1. The number of pyridine rings is 1. The second kappa shape index (κ2) is 8.60. The van der Waals surface area contributed by atoms with Crippen LogP contribution in [0.3, 0.4) is 0 Å². The van der Waals surface area contributed by atoms with Crippen LogP contribution >= 0.6 is 0 Å². The number of piperidine rings is 1. The minimum atomic E-state index is 0.0378. The number of rotatable bonds is 6. The number of aromatic nitrogens is 1. The van der Waals surface area contributed by atoms with Gasteiger partial charge in [0.15, 0.2) is 0 Å². The number of hydrogen-bond donors (Lipinski definition) is 0. The zero-order valence-corrected chi connectivity index (χ0v) is 15.6. The molecule has 26 heavy (non-hydrogen) atoms. The molecule has 0 aromatic carbocycles. The molecule has 3 saturated heterocycles. The third kappa shape index (κ3) is 4.40. The largest absolute Gasteiger partial charge is 0.383 e. The van der Waals surface area contributed by atoms with Crippen molar-refractivity contribution in [3.8, 4) is 0 Å². The van der Waals surface area contributed by atoms with Crippen molar-refractivity contribution in [2.24, 2.45) is 5.92 Å². The third-order valence-electron chi connectivity index (χ3n) is 5.33. The minimum absolute atomic E-state index is 0.0378. The first-order valence-corrected chi connectivity index (χ1v) is 9.24. The van der Waals surface area contributed by atoms with E-state index >= 15 is 0 Å². The lowest BCUT2D eigenvalue weighted by molar-refractivity contribution is -0.136. The summed E-state index contributed by atoms with van der Waals surface area (Å²) >= 11 is 0. The van der Waals surface area contributed by atoms with Crippen molar-refractivity contribution in [3.05, 3.63) is 30.1 Å². The standard InChI is InChI=1S/C19H28N4O3/c1-21(9-10-26-2)14-18(24)23-12-15-3-4-17(23)13-22(11-15)19(25)16-5-7-20-8-6-16/h5-8,15,17H,3-4,9-14H2,1-2H3/t15-,17+/m1/s1. The van der Waals surface area contributed by atoms with E-state index < -0.39 is 0 Å². The van der Waals surface area contributed by atoms with Gasteiger partial charge < -0.3 is 14.5 Å². The SMILES string of the molecule is COCCN(C)CC(=O)N1C[C@@H]2CC[C@H]1CN(C(=O)c1ccncc1)C2. The maximum Gasteiger partial charge on any atom is 0.254 e. The first-order valence-electron chi connectivity index (χ1n) is 9.24. The molecule has 0 saturated carbocycles. The van der Waals surface area contributed by atoms with Crippen LogP contribution in [0.15, 0.2) is 24.5 Å². The van der Waals surface area contributed by atoms with Crippen LogP contribution < -0.4 is 0 Å². The molecule has 4 heterocycles. The Balaban J connectivity index is 1.64. The molecule has 142 valence electrons. The van der Waals surface area contributed by atoms with E-state index in [0.717, 1.165) is 32.5 Å². The second-order valence-corrected chi connectivity index (χ2v) is 7.32. The first kappa shape index (κ1) is 18.8. The average molecular weight is 360 g/mol. The van der Waals surface area contributed by atoms with Gasteiger partial charge in [-0.25, -0.2) is 0 Å². The summed E-state index contributed by atoms with van der Waals surface area (Å²) < 4.78 is 5.08. The van der Waals surface area contributed by atoms with E-state index in [9.17, 15) is 9.59 Å². The Morgan fingerprint density at radius 3 is 2.73 bits per heavy atom. The van der Waals surface area contributed by atoms with E-state index in [2.05, 4.69) is 4.98 Å². The van der Waals surface area contributed by atoms with Crippen LogP contribution in [0.25, 0.3) is 0 Å². The number of nitrogens with zero attached hydrogens (tertiary/aromatic N) is 4. The van der Waals surface area contributed by atoms with Gasteiger partial charge in [-0.05, 0) is 37.9 Å². The minimum Gasteiger partial charge on any atom is -0.383 e. The van der Waals surface area contributed by atoms with Crippen LogP contribution in [0.5, 0.6) is 0 Å². The Hall–Kier alpha value is -1.99. The van der Waals surface area contributed by atoms with Crippen molar-refractivity contribution in [1.82, 2.24) is 19.7 Å². The van der Waals surface area contributed by atoms with Crippen LogP contribution in [0, 0.1) is 5.92 Å². The van der Waals surface area contributed by atoms with Gasteiger partial charge in [0.25, 0.3) is 5.91 Å². The van der Waals surface area contributed by atoms with Crippen LogP contribution in [0.1, 0.15) is 23.2 Å². The van der Waals surface area contributed by atoms with Crippen LogP contribution in [0.2, 0.25) is 0 Å². The predicted molar refractivity (Wildman–Crippen MR) is 97.7 cm³/mol. The molecule has 0 spiro atoms. The number of amides is 2. The van der Waals surface area contributed by atoms with Gasteiger partial charge in [0, 0.05) is 57.3 Å². The molecule has 0 aliphatic carbocycles. The lowest BCUT2D eigenvalue weighted by atomic mass is 9.95. The quantitative estimate of drug-likeness (QED) is 0.748. The molecule has 1 aromatic rings. The van der Waals surface area contributed by atoms with Gasteiger partial charge in [-0.2, -0.15) is 0 Å². The highest BCUT2D eigenvalue weighted by molar-refractivity contribution is 5.94. The smallest absolute Gasteiger partial charge is 0.254 e. The van der Waals surface area contributed by atoms with Crippen LogP contribution in [-0.2, 0) is 9.53 Å². The summed E-state index contributed by atoms with van der Waals surface area (Å²) in [5.41, 5.74) is 0.665. The first-order chi connectivity index (χ1) is 12.6. The summed E-state index contributed by atoms with van der Waals surface area (Å²) in [7, 11) is 3.60. The van der Waals surface area contributed by atoms with E-state index in [1.807, 2.05) is 21.7 Å². The molecule has 3 fully saturated rings. The molecule has 4 rings (SSSR count). The van der Waals surface area contributed by atoms with E-state index in [1.165, 1.54) is 0 Å². The van der Waals surface area contributed by atoms with E-state index in [1.54, 1.807) is 31.6 Å². The van der Waals surface area contributed by atoms with Gasteiger partial charge in [0.05, 0.1) is 13.2 Å². The number of carbonyl (C=O) groups excluding carboxylic acids is 2. The fourth-order valence-electron chi connectivity index (χ4n) is 3.88. The van der Waals surface area contributed by atoms with Gasteiger partial charge >= 0.3 is 0 Å². The number of carbonyl (C=O) groups is 2. The third-order valence-corrected chi connectivity index (χ3v) is 5.33. The maximum atomic E-state index is 12.8. The van der Waals surface area contributed by atoms with Crippen molar-refractivity contribution in [3.63, 3.8) is 0 Å². The Morgan fingerprint density at radius 2 is 2.00 bits per heavy atom. The van der Waals surface area contributed by atoms with Gasteiger partial charge in [0.2, 0.25) is 5.91 Å². The molecule has 0 unspecified atom stereocenters. The molecule has 1 aromatic heterocycles. The zero-order chi connectivity index (χ0) is 18.5. The highest BCUT2D eigenvalue weighted by Gasteiger charge is 2.38. The van der Waals surface area contributed by atoms with Gasteiger partial charge in [0.1, 0.15) is 0 Å². The summed E-state index contributed by atoms with van der Waals surface area (Å²) in [5, 5.41) is 0. The molecule has 7 nitrogen and oxygen atoms in total. The Morgan fingerprint density at radius 1 is 1.23 bits per heavy atom. The van der Waals surface area contributed by atoms with Crippen molar-refractivity contribution in [2.75, 3.05) is 53.5 Å².